The Kier molecular flexibility index (Phi) is 6.68. The van der Waals surface area contributed by atoms with Gasteiger partial charge in [0.25, 0.3) is 0 Å². The molecule has 1 fully saturated rings. The summed E-state index contributed by atoms with van der Waals surface area (Å²) in [7, 11) is 0. The summed E-state index contributed by atoms with van der Waals surface area (Å²) in [6.07, 6.45) is 0.207. The lowest BCUT2D eigenvalue weighted by Gasteiger charge is -2.48. The third-order valence-electron chi connectivity index (χ3n) is 6.77. The van der Waals surface area contributed by atoms with Crippen LogP contribution in [-0.2, 0) is 4.79 Å². The number of benzene rings is 4. The lowest BCUT2D eigenvalue weighted by molar-refractivity contribution is -0.131. The monoisotopic (exact) mass is 499 g/mol. The Labute approximate surface area is 214 Å². The van der Waals surface area contributed by atoms with E-state index in [1.165, 1.54) is 0 Å². The number of rotatable bonds is 7. The number of para-hydroxylation sites is 1. The number of aromatic hydroxyl groups is 2. The van der Waals surface area contributed by atoms with Crippen molar-refractivity contribution < 1.29 is 20.1 Å². The molecule has 1 saturated heterocycles. The van der Waals surface area contributed by atoms with Crippen LogP contribution in [0.1, 0.15) is 36.1 Å². The summed E-state index contributed by atoms with van der Waals surface area (Å²) in [5.74, 6) is -0.148. The highest BCUT2D eigenvalue weighted by atomic mass is 35.5. The molecule has 0 radical (unpaired) electrons. The van der Waals surface area contributed by atoms with E-state index in [0.29, 0.717) is 29.0 Å². The van der Waals surface area contributed by atoms with E-state index in [1.54, 1.807) is 53.4 Å². The van der Waals surface area contributed by atoms with Crippen LogP contribution in [0.4, 0.5) is 5.69 Å². The zero-order chi connectivity index (χ0) is 25.2. The zero-order valence-corrected chi connectivity index (χ0v) is 20.2. The van der Waals surface area contributed by atoms with Gasteiger partial charge in [-0.2, -0.15) is 0 Å². The second-order valence-corrected chi connectivity index (χ2v) is 9.50. The van der Waals surface area contributed by atoms with Crippen molar-refractivity contribution in [3.05, 3.63) is 113 Å². The molecular weight excluding hydrogens is 474 g/mol. The van der Waals surface area contributed by atoms with E-state index in [-0.39, 0.29) is 29.4 Å². The number of carbonyl (C=O) groups excluding carboxylic acids is 1. The summed E-state index contributed by atoms with van der Waals surface area (Å²) >= 11 is 5.96. The van der Waals surface area contributed by atoms with E-state index in [2.05, 4.69) is 0 Å². The summed E-state index contributed by atoms with van der Waals surface area (Å²) in [4.78, 5) is 15.0. The van der Waals surface area contributed by atoms with Crippen LogP contribution < -0.4 is 4.90 Å². The zero-order valence-electron chi connectivity index (χ0n) is 19.5. The first kappa shape index (κ1) is 23.9. The first-order valence-electron chi connectivity index (χ1n) is 11.9. The van der Waals surface area contributed by atoms with Gasteiger partial charge in [0.05, 0.1) is 18.1 Å². The molecule has 1 aliphatic heterocycles. The number of nitrogens with zero attached hydrogens (tertiary/aromatic N) is 1. The molecule has 3 atom stereocenters. The second-order valence-electron chi connectivity index (χ2n) is 9.07. The van der Waals surface area contributed by atoms with Crippen LogP contribution in [0.25, 0.3) is 11.1 Å². The molecule has 0 spiro atoms. The molecule has 36 heavy (non-hydrogen) atoms. The van der Waals surface area contributed by atoms with Gasteiger partial charge in [-0.05, 0) is 72.0 Å². The van der Waals surface area contributed by atoms with Gasteiger partial charge in [0.15, 0.2) is 0 Å². The fourth-order valence-corrected chi connectivity index (χ4v) is 5.05. The number of aliphatic hydroxyl groups is 1. The van der Waals surface area contributed by atoms with Crippen LogP contribution in [0.2, 0.25) is 5.02 Å². The van der Waals surface area contributed by atoms with Gasteiger partial charge in [0, 0.05) is 16.3 Å². The number of carbonyl (C=O) groups is 1. The van der Waals surface area contributed by atoms with E-state index in [9.17, 15) is 20.1 Å². The van der Waals surface area contributed by atoms with Crippen LogP contribution in [0.3, 0.4) is 0 Å². The van der Waals surface area contributed by atoms with E-state index in [4.69, 9.17) is 11.6 Å². The molecular formula is C30H26ClNO4. The normalized spacial score (nSPS) is 18.1. The molecule has 0 saturated carbocycles. The number of hydrogen-bond acceptors (Lipinski definition) is 4. The molecule has 6 heteroatoms. The van der Waals surface area contributed by atoms with Crippen molar-refractivity contribution in [3.63, 3.8) is 0 Å². The number of anilines is 1. The molecule has 1 amide bonds. The third-order valence-corrected chi connectivity index (χ3v) is 7.03. The van der Waals surface area contributed by atoms with Gasteiger partial charge in [-0.25, -0.2) is 0 Å². The number of aliphatic hydroxyl groups excluding tert-OH is 1. The molecule has 1 aliphatic rings. The molecule has 0 aliphatic carbocycles. The minimum atomic E-state index is -0.706. The van der Waals surface area contributed by atoms with Crippen molar-refractivity contribution in [1.29, 1.82) is 0 Å². The van der Waals surface area contributed by atoms with Crippen molar-refractivity contribution in [3.8, 4) is 22.6 Å². The SMILES string of the molecule is O=C1[C@H](CC[C@H](O)c2ccc(Cl)cc2)[C@@H](c2ccc(-c3cccc(O)c3)c(O)c2)N1c1ccccc1. The molecule has 0 aromatic heterocycles. The molecule has 0 bridgehead atoms. The van der Waals surface area contributed by atoms with E-state index in [1.807, 2.05) is 48.5 Å². The number of phenolic OH excluding ortho intramolecular Hbond substituents is 2. The predicted octanol–water partition coefficient (Wildman–Crippen LogP) is 6.64. The second kappa shape index (κ2) is 10.1. The summed E-state index contributed by atoms with van der Waals surface area (Å²) in [6, 6.07) is 28.4. The van der Waals surface area contributed by atoms with Crippen molar-refractivity contribution in [2.75, 3.05) is 4.90 Å². The van der Waals surface area contributed by atoms with Crippen LogP contribution >= 0.6 is 11.6 Å². The Hall–Kier alpha value is -3.80. The van der Waals surface area contributed by atoms with Gasteiger partial charge in [0.2, 0.25) is 5.91 Å². The van der Waals surface area contributed by atoms with Gasteiger partial charge >= 0.3 is 0 Å². The van der Waals surface area contributed by atoms with Gasteiger partial charge in [-0.3, -0.25) is 4.79 Å². The summed E-state index contributed by atoms with van der Waals surface area (Å²) < 4.78 is 0. The Bertz CT molecular complexity index is 1370. The van der Waals surface area contributed by atoms with Crippen LogP contribution in [0, 0.1) is 5.92 Å². The molecule has 3 N–H and O–H groups in total. The third kappa shape index (κ3) is 4.68. The number of halogens is 1. The summed E-state index contributed by atoms with van der Waals surface area (Å²) in [5.41, 5.74) is 3.66. The van der Waals surface area contributed by atoms with Gasteiger partial charge in [-0.15, -0.1) is 0 Å². The fraction of sp³-hybridized carbons (Fsp3) is 0.167. The fourth-order valence-electron chi connectivity index (χ4n) is 4.93. The van der Waals surface area contributed by atoms with E-state index >= 15 is 0 Å². The highest BCUT2D eigenvalue weighted by molar-refractivity contribution is 6.30. The molecule has 1 heterocycles. The van der Waals surface area contributed by atoms with Crippen molar-refractivity contribution in [1.82, 2.24) is 0 Å². The Morgan fingerprint density at radius 1 is 0.861 bits per heavy atom. The van der Waals surface area contributed by atoms with Crippen LogP contribution in [0.15, 0.2) is 97.1 Å². The van der Waals surface area contributed by atoms with Gasteiger partial charge in [0.1, 0.15) is 11.5 Å². The van der Waals surface area contributed by atoms with E-state index < -0.39 is 6.10 Å². The quantitative estimate of drug-likeness (QED) is 0.249. The van der Waals surface area contributed by atoms with Crippen molar-refractivity contribution >= 4 is 23.2 Å². The van der Waals surface area contributed by atoms with Crippen molar-refractivity contribution in [2.24, 2.45) is 5.92 Å². The maximum atomic E-state index is 13.3. The number of β-lactam (4-membered cyclic amide) rings is 1. The topological polar surface area (TPSA) is 81.0 Å². The van der Waals surface area contributed by atoms with Crippen molar-refractivity contribution in [2.45, 2.75) is 25.0 Å². The Morgan fingerprint density at radius 3 is 2.31 bits per heavy atom. The van der Waals surface area contributed by atoms with Gasteiger partial charge < -0.3 is 20.2 Å². The highest BCUT2D eigenvalue weighted by Gasteiger charge is 2.48. The van der Waals surface area contributed by atoms with Gasteiger partial charge in [-0.1, -0.05) is 66.2 Å². The minimum Gasteiger partial charge on any atom is -0.508 e. The average Bonchev–Trinajstić information content (AvgIpc) is 2.88. The Morgan fingerprint density at radius 2 is 1.61 bits per heavy atom. The predicted molar refractivity (Wildman–Crippen MR) is 141 cm³/mol. The molecule has 0 unspecified atom stereocenters. The van der Waals surface area contributed by atoms with Crippen LogP contribution in [0.5, 0.6) is 11.5 Å². The highest BCUT2D eigenvalue weighted by Crippen LogP contribution is 2.47. The summed E-state index contributed by atoms with van der Waals surface area (Å²) in [6.45, 7) is 0. The lowest BCUT2D eigenvalue weighted by atomic mass is 9.78. The van der Waals surface area contributed by atoms with E-state index in [0.717, 1.165) is 16.8 Å². The standard InChI is InChI=1S/C30H26ClNO4/c31-22-12-9-19(10-13-22)27(34)16-15-26-29(32(30(26)36)23-6-2-1-3-7-23)21-11-14-25(28(35)18-21)20-5-4-8-24(33)17-20/h1-14,17-18,26-27,29,33-35H,15-16H2/t26-,27+,29-/m1/s1. The lowest BCUT2D eigenvalue weighted by Crippen LogP contribution is -2.55. The largest absolute Gasteiger partial charge is 0.508 e. The molecule has 4 aromatic carbocycles. The van der Waals surface area contributed by atoms with Crippen LogP contribution in [-0.4, -0.2) is 21.2 Å². The molecule has 182 valence electrons. The number of phenols is 2. The Balaban J connectivity index is 1.42. The molecule has 5 nitrogen and oxygen atoms in total. The molecule has 5 rings (SSSR count). The average molecular weight is 500 g/mol. The summed E-state index contributed by atoms with van der Waals surface area (Å²) in [5, 5.41) is 32.0. The smallest absolute Gasteiger partial charge is 0.233 e. The minimum absolute atomic E-state index is 0.00828. The maximum Gasteiger partial charge on any atom is 0.233 e. The first-order chi connectivity index (χ1) is 17.4. The number of hydrogen-bond donors (Lipinski definition) is 3. The first-order valence-corrected chi connectivity index (χ1v) is 12.2. The number of amides is 1. The maximum absolute atomic E-state index is 13.3. The molecule has 4 aromatic rings.